The Labute approximate surface area is 148 Å². The van der Waals surface area contributed by atoms with Gasteiger partial charge in [-0.15, -0.1) is 0 Å². The molecule has 8 heteroatoms. The highest BCUT2D eigenvalue weighted by Crippen LogP contribution is 2.38. The van der Waals surface area contributed by atoms with Crippen LogP contribution in [0.1, 0.15) is 4.11 Å². The van der Waals surface area contributed by atoms with Crippen molar-refractivity contribution in [2.75, 3.05) is 6.18 Å². The Hall–Kier alpha value is -1.27. The van der Waals surface area contributed by atoms with E-state index in [4.69, 9.17) is 43.7 Å². The molecule has 0 aliphatic rings. The summed E-state index contributed by atoms with van der Waals surface area (Å²) in [6, 6.07) is 7.89. The topological polar surface area (TPSA) is 55.0 Å². The molecule has 0 bridgehead atoms. The molecular weight excluding hydrogens is 368 g/mol. The lowest BCUT2D eigenvalue weighted by Crippen LogP contribution is -1.88. The summed E-state index contributed by atoms with van der Waals surface area (Å²) in [5.74, 6) is 0.549. The maximum Gasteiger partial charge on any atom is 0.197 e. The molecule has 1 aromatic heterocycles. The predicted molar refractivity (Wildman–Crippen MR) is 90.0 cm³/mol. The monoisotopic (exact) mass is 378 g/mol. The molecule has 1 heterocycles. The van der Waals surface area contributed by atoms with Crippen LogP contribution in [0.2, 0.25) is 15.1 Å². The number of nitrogens with zero attached hydrogens (tertiary/aromatic N) is 1. The minimum atomic E-state index is -2.68. The zero-order valence-electron chi connectivity index (χ0n) is 13.7. The van der Waals surface area contributed by atoms with Gasteiger partial charge in [0.15, 0.2) is 5.16 Å². The molecule has 3 rings (SSSR count). The van der Waals surface area contributed by atoms with Crippen LogP contribution in [0.4, 0.5) is 0 Å². The van der Waals surface area contributed by atoms with Gasteiger partial charge in [0, 0.05) is 16.4 Å². The van der Waals surface area contributed by atoms with E-state index in [2.05, 4.69) is 9.97 Å². The predicted octanol–water partition coefficient (Wildman–Crippen LogP) is 5.05. The fourth-order valence-corrected chi connectivity index (χ4v) is 2.75. The number of hydrogen-bond donors (Lipinski definition) is 1. The van der Waals surface area contributed by atoms with Gasteiger partial charge in [-0.2, -0.15) is 0 Å². The van der Waals surface area contributed by atoms with E-state index >= 15 is 0 Å². The molecule has 0 saturated carbocycles. The number of fused-ring (bicyclic) bond motifs is 1. The maximum atomic E-state index is 11.9. The molecular formula is C14H9Cl3N2O2S. The SMILES string of the molecule is [2H][13C]([2H])([2H])S(=O)c1nc2cc(Oc3cccc(Cl)c3Cl)c(Cl)cc2[nH]1. The summed E-state index contributed by atoms with van der Waals surface area (Å²) in [6.07, 6.45) is -2.68. The average Bonchev–Trinajstić information content (AvgIpc) is 2.93. The first-order valence-electron chi connectivity index (χ1n) is 7.40. The van der Waals surface area contributed by atoms with E-state index in [9.17, 15) is 4.21 Å². The number of H-pyrrole nitrogens is 1. The van der Waals surface area contributed by atoms with E-state index < -0.39 is 17.0 Å². The summed E-state index contributed by atoms with van der Waals surface area (Å²) >= 11 is 18.2. The van der Waals surface area contributed by atoms with Gasteiger partial charge in [-0.05, 0) is 18.2 Å². The van der Waals surface area contributed by atoms with Crippen molar-refractivity contribution in [3.63, 3.8) is 0 Å². The summed E-state index contributed by atoms with van der Waals surface area (Å²) in [7, 11) is -2.28. The van der Waals surface area contributed by atoms with Crippen molar-refractivity contribution in [1.82, 2.24) is 9.97 Å². The fourth-order valence-electron chi connectivity index (χ4n) is 1.84. The second-order valence-electron chi connectivity index (χ2n) is 4.26. The second-order valence-corrected chi connectivity index (χ2v) is 6.38. The zero-order chi connectivity index (χ0) is 18.4. The number of ether oxygens (including phenoxy) is 1. The van der Waals surface area contributed by atoms with Gasteiger partial charge in [0.2, 0.25) is 0 Å². The Morgan fingerprint density at radius 2 is 2.05 bits per heavy atom. The van der Waals surface area contributed by atoms with Gasteiger partial charge in [-0.25, -0.2) is 4.98 Å². The van der Waals surface area contributed by atoms with Crippen molar-refractivity contribution < 1.29 is 13.1 Å². The summed E-state index contributed by atoms with van der Waals surface area (Å²) < 4.78 is 39.3. The first-order valence-corrected chi connectivity index (χ1v) is 8.18. The summed E-state index contributed by atoms with van der Waals surface area (Å²) in [5.41, 5.74) is 0.785. The lowest BCUT2D eigenvalue weighted by Gasteiger charge is -2.09. The van der Waals surface area contributed by atoms with Crippen LogP contribution in [0.5, 0.6) is 11.5 Å². The van der Waals surface area contributed by atoms with Crippen LogP contribution in [-0.2, 0) is 10.8 Å². The van der Waals surface area contributed by atoms with Crippen molar-refractivity contribution in [3.05, 3.63) is 45.4 Å². The van der Waals surface area contributed by atoms with Crippen LogP contribution < -0.4 is 4.74 Å². The van der Waals surface area contributed by atoms with Gasteiger partial charge in [-0.3, -0.25) is 4.21 Å². The Morgan fingerprint density at radius 3 is 2.82 bits per heavy atom. The van der Waals surface area contributed by atoms with Gasteiger partial charge >= 0.3 is 0 Å². The van der Waals surface area contributed by atoms with E-state index in [1.807, 2.05) is 0 Å². The van der Waals surface area contributed by atoms with Crippen LogP contribution in [-0.4, -0.2) is 20.4 Å². The Kier molecular flexibility index (Phi) is 3.37. The van der Waals surface area contributed by atoms with E-state index in [1.165, 1.54) is 12.1 Å². The standard InChI is InChI=1S/C14H9Cl3N2O2S/c1-22(20)14-18-9-5-8(16)12(6-10(9)19-14)21-11-4-2-3-7(15)13(11)17/h2-6H,1H3,(H,18,19)/i1+1D3. The molecule has 1 atom stereocenters. The highest BCUT2D eigenvalue weighted by atomic mass is 35.5. The molecule has 114 valence electrons. The van der Waals surface area contributed by atoms with E-state index in [-0.39, 0.29) is 21.0 Å². The minimum absolute atomic E-state index is 0.163. The molecule has 2 aromatic carbocycles. The lowest BCUT2D eigenvalue weighted by atomic mass is 10.3. The van der Waals surface area contributed by atoms with Crippen LogP contribution >= 0.6 is 34.8 Å². The summed E-state index contributed by atoms with van der Waals surface area (Å²) in [4.78, 5) is 6.74. The highest BCUT2D eigenvalue weighted by Gasteiger charge is 2.13. The molecule has 22 heavy (non-hydrogen) atoms. The second kappa shape index (κ2) is 6.08. The maximum absolute atomic E-state index is 11.9. The molecule has 0 amide bonds. The van der Waals surface area contributed by atoms with Crippen LogP contribution in [0.15, 0.2) is 35.5 Å². The van der Waals surface area contributed by atoms with Crippen LogP contribution in [0.25, 0.3) is 11.0 Å². The fraction of sp³-hybridized carbons (Fsp3) is 0.0714. The number of halogens is 3. The van der Waals surface area contributed by atoms with Crippen molar-refractivity contribution >= 4 is 56.6 Å². The third-order valence-corrected chi connectivity index (χ3v) is 4.47. The normalized spacial score (nSPS) is 15.1. The molecule has 0 aliphatic carbocycles. The molecule has 0 aliphatic heterocycles. The van der Waals surface area contributed by atoms with Crippen molar-refractivity contribution in [1.29, 1.82) is 0 Å². The molecule has 4 nitrogen and oxygen atoms in total. The number of aromatic nitrogens is 2. The first-order chi connectivity index (χ1) is 11.7. The molecule has 0 fully saturated rings. The van der Waals surface area contributed by atoms with Gasteiger partial charge in [0.05, 0.1) is 31.9 Å². The third kappa shape index (κ3) is 2.94. The largest absolute Gasteiger partial charge is 0.454 e. The molecule has 0 radical (unpaired) electrons. The first kappa shape index (κ1) is 12.2. The Balaban J connectivity index is 2.02. The number of aromatic amines is 1. The van der Waals surface area contributed by atoms with Crippen LogP contribution in [0, 0.1) is 0 Å². The molecule has 3 aromatic rings. The number of rotatable bonds is 3. The number of imidazole rings is 1. The van der Waals surface area contributed by atoms with Crippen molar-refractivity contribution in [2.45, 2.75) is 5.16 Å². The number of hydrogen-bond acceptors (Lipinski definition) is 3. The molecule has 1 unspecified atom stereocenters. The summed E-state index contributed by atoms with van der Waals surface area (Å²) in [6.45, 7) is 0. The van der Waals surface area contributed by atoms with Crippen molar-refractivity contribution in [2.24, 2.45) is 0 Å². The van der Waals surface area contributed by atoms with E-state index in [0.717, 1.165) is 0 Å². The Morgan fingerprint density at radius 1 is 1.23 bits per heavy atom. The van der Waals surface area contributed by atoms with Gasteiger partial charge < -0.3 is 9.72 Å². The highest BCUT2D eigenvalue weighted by molar-refractivity contribution is 7.84. The van der Waals surface area contributed by atoms with Gasteiger partial charge in [0.1, 0.15) is 16.5 Å². The number of benzene rings is 2. The molecule has 0 spiro atoms. The van der Waals surface area contributed by atoms with Gasteiger partial charge in [-0.1, -0.05) is 40.9 Å². The lowest BCUT2D eigenvalue weighted by molar-refractivity contribution is 0.484. The smallest absolute Gasteiger partial charge is 0.197 e. The van der Waals surface area contributed by atoms with Gasteiger partial charge in [0.25, 0.3) is 0 Å². The minimum Gasteiger partial charge on any atom is -0.454 e. The summed E-state index contributed by atoms with van der Waals surface area (Å²) in [5, 5.41) is 0.625. The zero-order valence-corrected chi connectivity index (χ0v) is 13.8. The van der Waals surface area contributed by atoms with E-state index in [1.54, 1.807) is 18.2 Å². The number of nitrogens with one attached hydrogen (secondary N) is 1. The van der Waals surface area contributed by atoms with Crippen molar-refractivity contribution in [3.8, 4) is 11.5 Å². The average molecular weight is 380 g/mol. The molecule has 1 N–H and O–H groups in total. The third-order valence-electron chi connectivity index (χ3n) is 2.83. The quantitative estimate of drug-likeness (QED) is 0.648. The van der Waals surface area contributed by atoms with E-state index in [0.29, 0.717) is 21.8 Å². The Bertz CT molecular complexity index is 991. The van der Waals surface area contributed by atoms with Crippen LogP contribution in [0.3, 0.4) is 0 Å². The molecule has 0 saturated heterocycles.